The van der Waals surface area contributed by atoms with Gasteiger partial charge in [-0.25, -0.2) is 4.98 Å². The van der Waals surface area contributed by atoms with Gasteiger partial charge in [-0.15, -0.1) is 11.3 Å². The highest BCUT2D eigenvalue weighted by Crippen LogP contribution is 2.27. The number of carbonyl (C=O) groups excluding carboxylic acids is 1. The van der Waals surface area contributed by atoms with Crippen molar-refractivity contribution >= 4 is 39.4 Å². The number of aromatic nitrogens is 1. The van der Waals surface area contributed by atoms with Gasteiger partial charge in [0.25, 0.3) is 0 Å². The van der Waals surface area contributed by atoms with E-state index in [1.807, 2.05) is 19.9 Å². The zero-order chi connectivity index (χ0) is 23.4. The number of aryl methyl sites for hydroxylation is 2. The van der Waals surface area contributed by atoms with Crippen molar-refractivity contribution in [3.05, 3.63) is 87.4 Å². The van der Waals surface area contributed by atoms with Crippen LogP contribution in [0.15, 0.2) is 60.7 Å². The first-order valence-electron chi connectivity index (χ1n) is 11.6. The molecule has 1 N–H and O–H groups in total. The fourth-order valence-electron chi connectivity index (χ4n) is 4.25. The van der Waals surface area contributed by atoms with E-state index in [1.54, 1.807) is 11.3 Å². The first-order chi connectivity index (χ1) is 16.0. The summed E-state index contributed by atoms with van der Waals surface area (Å²) >= 11 is 1.64. The smallest absolute Gasteiger partial charge is 0.229 e. The lowest BCUT2D eigenvalue weighted by Crippen LogP contribution is -2.22. The Kier molecular flexibility index (Phi) is 7.09. The molecule has 0 bridgehead atoms. The van der Waals surface area contributed by atoms with Crippen molar-refractivity contribution in [3.63, 3.8) is 0 Å². The quantitative estimate of drug-likeness (QED) is 0.327. The Bertz CT molecular complexity index is 1270. The summed E-state index contributed by atoms with van der Waals surface area (Å²) in [7, 11) is 0. The van der Waals surface area contributed by atoms with Crippen molar-refractivity contribution < 1.29 is 4.79 Å². The number of hydrogen-bond acceptors (Lipinski definition) is 4. The van der Waals surface area contributed by atoms with E-state index in [-0.39, 0.29) is 5.91 Å². The molecule has 0 unspecified atom stereocenters. The second-order valence-corrected chi connectivity index (χ2v) is 9.50. The van der Waals surface area contributed by atoms with Crippen LogP contribution in [0.4, 0.5) is 11.4 Å². The van der Waals surface area contributed by atoms with Crippen molar-refractivity contribution in [2.75, 3.05) is 23.3 Å². The zero-order valence-electron chi connectivity index (χ0n) is 19.8. The van der Waals surface area contributed by atoms with Crippen LogP contribution in [0.2, 0.25) is 0 Å². The predicted octanol–water partition coefficient (Wildman–Crippen LogP) is 6.53. The highest BCUT2D eigenvalue weighted by molar-refractivity contribution is 7.11. The summed E-state index contributed by atoms with van der Waals surface area (Å²) in [6.45, 7) is 10.3. The zero-order valence-corrected chi connectivity index (χ0v) is 20.6. The molecule has 3 aromatic carbocycles. The van der Waals surface area contributed by atoms with E-state index in [2.05, 4.69) is 78.7 Å². The minimum atomic E-state index is -0.00264. The second-order valence-electron chi connectivity index (χ2n) is 8.33. The van der Waals surface area contributed by atoms with E-state index in [0.29, 0.717) is 6.42 Å². The Labute approximate surface area is 200 Å². The van der Waals surface area contributed by atoms with Crippen LogP contribution in [0.1, 0.15) is 40.6 Å². The lowest BCUT2D eigenvalue weighted by Gasteiger charge is -2.22. The fourth-order valence-corrected chi connectivity index (χ4v) is 5.34. The lowest BCUT2D eigenvalue weighted by atomic mass is 10.0. The van der Waals surface area contributed by atoms with Crippen molar-refractivity contribution in [1.29, 1.82) is 0 Å². The summed E-state index contributed by atoms with van der Waals surface area (Å²) in [5, 5.41) is 6.64. The predicted molar refractivity (Wildman–Crippen MR) is 141 cm³/mol. The Morgan fingerprint density at radius 3 is 2.52 bits per heavy atom. The lowest BCUT2D eigenvalue weighted by molar-refractivity contribution is -0.115. The van der Waals surface area contributed by atoms with Gasteiger partial charge in [0.15, 0.2) is 0 Å². The normalized spacial score (nSPS) is 11.0. The third-order valence-corrected chi connectivity index (χ3v) is 7.25. The molecule has 5 heteroatoms. The first-order valence-corrected chi connectivity index (χ1v) is 12.4. The number of nitrogens with one attached hydrogen (secondary N) is 1. The minimum Gasteiger partial charge on any atom is -0.372 e. The highest BCUT2D eigenvalue weighted by atomic mass is 32.1. The van der Waals surface area contributed by atoms with Crippen LogP contribution < -0.4 is 10.2 Å². The van der Waals surface area contributed by atoms with Crippen LogP contribution in [-0.2, 0) is 17.6 Å². The first kappa shape index (κ1) is 23.0. The molecule has 0 fully saturated rings. The number of anilines is 2. The van der Waals surface area contributed by atoms with E-state index in [9.17, 15) is 4.79 Å². The van der Waals surface area contributed by atoms with Crippen LogP contribution in [0.25, 0.3) is 10.8 Å². The van der Waals surface area contributed by atoms with Crippen molar-refractivity contribution in [1.82, 2.24) is 4.98 Å². The van der Waals surface area contributed by atoms with Crippen LogP contribution >= 0.6 is 11.3 Å². The van der Waals surface area contributed by atoms with Crippen LogP contribution in [0.5, 0.6) is 0 Å². The number of amides is 1. The largest absolute Gasteiger partial charge is 0.372 e. The molecule has 0 spiro atoms. The van der Waals surface area contributed by atoms with Crippen LogP contribution in [-0.4, -0.2) is 24.0 Å². The van der Waals surface area contributed by atoms with Crippen LogP contribution in [0, 0.1) is 13.8 Å². The molecule has 4 nitrogen and oxygen atoms in total. The maximum absolute atomic E-state index is 12.8. The number of hydrogen-bond donors (Lipinski definition) is 1. The third kappa shape index (κ3) is 5.25. The molecular formula is C28H31N3OS. The fraction of sp³-hybridized carbons (Fsp3) is 0.286. The van der Waals surface area contributed by atoms with Crippen molar-refractivity contribution in [3.8, 4) is 0 Å². The molecule has 0 radical (unpaired) electrons. The molecule has 1 aromatic heterocycles. The number of rotatable bonds is 8. The number of thiazole rings is 1. The van der Waals surface area contributed by atoms with Gasteiger partial charge in [-0.3, -0.25) is 4.79 Å². The molecule has 1 amide bonds. The van der Waals surface area contributed by atoms with Crippen molar-refractivity contribution in [2.24, 2.45) is 0 Å². The topological polar surface area (TPSA) is 45.2 Å². The van der Waals surface area contributed by atoms with Gasteiger partial charge in [0.2, 0.25) is 5.91 Å². The van der Waals surface area contributed by atoms with Gasteiger partial charge in [-0.2, -0.15) is 0 Å². The Balaban J connectivity index is 1.45. The average molecular weight is 458 g/mol. The van der Waals surface area contributed by atoms with E-state index in [0.717, 1.165) is 46.3 Å². The summed E-state index contributed by atoms with van der Waals surface area (Å²) < 4.78 is 0. The van der Waals surface area contributed by atoms with E-state index in [4.69, 9.17) is 4.98 Å². The molecule has 0 saturated carbocycles. The molecule has 0 aliphatic heterocycles. The maximum Gasteiger partial charge on any atom is 0.229 e. The number of benzene rings is 3. The summed E-state index contributed by atoms with van der Waals surface area (Å²) in [4.78, 5) is 20.9. The molecule has 4 rings (SSSR count). The maximum atomic E-state index is 12.8. The molecule has 33 heavy (non-hydrogen) atoms. The number of nitrogens with zero attached hydrogens (tertiary/aromatic N) is 2. The summed E-state index contributed by atoms with van der Waals surface area (Å²) in [5.41, 5.74) is 5.34. The van der Waals surface area contributed by atoms with Gasteiger partial charge in [0.1, 0.15) is 0 Å². The molecule has 0 aliphatic carbocycles. The van der Waals surface area contributed by atoms with Gasteiger partial charge < -0.3 is 10.2 Å². The molecule has 1 heterocycles. The molecule has 170 valence electrons. The van der Waals surface area contributed by atoms with E-state index >= 15 is 0 Å². The highest BCUT2D eigenvalue weighted by Gasteiger charge is 2.14. The van der Waals surface area contributed by atoms with Crippen molar-refractivity contribution in [2.45, 2.75) is 40.5 Å². The Hall–Kier alpha value is -3.18. The molecule has 4 aromatic rings. The molecular weight excluding hydrogens is 426 g/mol. The average Bonchev–Trinajstić information content (AvgIpc) is 3.15. The Morgan fingerprint density at radius 2 is 1.76 bits per heavy atom. The summed E-state index contributed by atoms with van der Waals surface area (Å²) in [6.07, 6.45) is 1.12. The monoisotopic (exact) mass is 457 g/mol. The second kappa shape index (κ2) is 10.2. The van der Waals surface area contributed by atoms with Gasteiger partial charge in [-0.1, -0.05) is 42.5 Å². The standard InChI is InChI=1S/C28H31N3OS/c1-5-31(6-2)23-14-15-25(19(3)16-23)30-27(32)18-26-20(4)29-28(33-26)17-22-12-9-11-21-10-7-8-13-24(21)22/h7-16H,5-6,17-18H2,1-4H3,(H,30,32). The Morgan fingerprint density at radius 1 is 1.00 bits per heavy atom. The van der Waals surface area contributed by atoms with E-state index < -0.39 is 0 Å². The number of fused-ring (bicyclic) bond motifs is 1. The summed E-state index contributed by atoms with van der Waals surface area (Å²) in [5.74, 6) is -0.00264. The number of carbonyl (C=O) groups is 1. The van der Waals surface area contributed by atoms with Crippen LogP contribution in [0.3, 0.4) is 0 Å². The van der Waals surface area contributed by atoms with Gasteiger partial charge in [0, 0.05) is 35.8 Å². The molecule has 0 aliphatic rings. The SMILES string of the molecule is CCN(CC)c1ccc(NC(=O)Cc2sc(Cc3cccc4ccccc34)nc2C)c(C)c1. The molecule has 0 saturated heterocycles. The van der Waals surface area contributed by atoms with Gasteiger partial charge in [0.05, 0.1) is 17.1 Å². The minimum absolute atomic E-state index is 0.00264. The van der Waals surface area contributed by atoms with Gasteiger partial charge >= 0.3 is 0 Å². The summed E-state index contributed by atoms with van der Waals surface area (Å²) in [6, 6.07) is 21.1. The molecule has 0 atom stereocenters. The van der Waals surface area contributed by atoms with E-state index in [1.165, 1.54) is 22.0 Å². The third-order valence-electron chi connectivity index (χ3n) is 6.09. The van der Waals surface area contributed by atoms with Gasteiger partial charge in [-0.05, 0) is 67.8 Å².